The summed E-state index contributed by atoms with van der Waals surface area (Å²) in [4.78, 5) is 22.1. The van der Waals surface area contributed by atoms with Crippen LogP contribution in [-0.2, 0) is 10.0 Å². The number of para-hydroxylation sites is 1. The number of nitrogens with zero attached hydrogens (tertiary/aromatic N) is 4. The van der Waals surface area contributed by atoms with E-state index in [0.29, 0.717) is 41.0 Å². The van der Waals surface area contributed by atoms with Crippen molar-refractivity contribution < 1.29 is 22.7 Å². The molecule has 0 fully saturated rings. The number of anilines is 2. The Kier molecular flexibility index (Phi) is 8.65. The molecule has 1 aliphatic heterocycles. The lowest BCUT2D eigenvalue weighted by molar-refractivity contribution is 0.0985. The van der Waals surface area contributed by atoms with Crippen molar-refractivity contribution in [2.24, 2.45) is 0 Å². The summed E-state index contributed by atoms with van der Waals surface area (Å²) < 4.78 is 39.9. The van der Waals surface area contributed by atoms with Crippen LogP contribution in [0.5, 0.6) is 11.5 Å². The van der Waals surface area contributed by atoms with Crippen LogP contribution in [-0.4, -0.2) is 64.7 Å². The third-order valence-corrected chi connectivity index (χ3v) is 9.10. The van der Waals surface area contributed by atoms with Crippen molar-refractivity contribution in [3.05, 3.63) is 72.3 Å². The average molecular weight is 589 g/mol. The van der Waals surface area contributed by atoms with Gasteiger partial charge in [0, 0.05) is 37.3 Å². The van der Waals surface area contributed by atoms with Gasteiger partial charge in [-0.25, -0.2) is 13.4 Å². The maximum atomic E-state index is 13.7. The third-order valence-electron chi connectivity index (χ3n) is 6.14. The molecule has 39 heavy (non-hydrogen) atoms. The number of ether oxygens (including phenoxy) is 2. The molecule has 1 amide bonds. The van der Waals surface area contributed by atoms with Gasteiger partial charge >= 0.3 is 0 Å². The first-order valence-corrected chi connectivity index (χ1v) is 14.4. The molecule has 0 saturated heterocycles. The molecule has 0 radical (unpaired) electrons. The van der Waals surface area contributed by atoms with Gasteiger partial charge in [0.1, 0.15) is 0 Å². The number of carbonyl (C=O) groups excluding carboxylic acids is 1. The van der Waals surface area contributed by atoms with E-state index in [-0.39, 0.29) is 36.5 Å². The lowest BCUT2D eigenvalue weighted by Crippen LogP contribution is -2.36. The number of carbonyl (C=O) groups is 1. The standard InChI is InChI=1S/C27H28N4O5S2.ClH/c1-4-31(20-8-6-5-7-9-20)38(33,34)21-12-10-19(11-13-21)26(32)30(15-14-29(2)3)27-28-22-16-23-24(36-18-35-23)17-25(22)37-27;/h5-13,16-17H,4,14-15,18H2,1-3H3;1H. The second kappa shape index (κ2) is 11.8. The number of fused-ring (bicyclic) bond motifs is 2. The summed E-state index contributed by atoms with van der Waals surface area (Å²) in [6.07, 6.45) is 0. The lowest BCUT2D eigenvalue weighted by Gasteiger charge is -2.24. The number of halogens is 1. The van der Waals surface area contributed by atoms with Gasteiger partial charge in [0.15, 0.2) is 16.6 Å². The number of sulfonamides is 1. The van der Waals surface area contributed by atoms with Gasteiger partial charge in [0.05, 0.1) is 20.8 Å². The minimum atomic E-state index is -3.80. The number of benzene rings is 3. The van der Waals surface area contributed by atoms with Crippen LogP contribution in [0.25, 0.3) is 10.2 Å². The number of hydrogen-bond acceptors (Lipinski definition) is 8. The third kappa shape index (κ3) is 5.81. The van der Waals surface area contributed by atoms with Gasteiger partial charge in [-0.2, -0.15) is 0 Å². The van der Waals surface area contributed by atoms with Crippen molar-refractivity contribution in [1.82, 2.24) is 9.88 Å². The Balaban J connectivity index is 0.00000353. The maximum Gasteiger partial charge on any atom is 0.264 e. The number of aromatic nitrogens is 1. The van der Waals surface area contributed by atoms with Crippen LogP contribution in [0.3, 0.4) is 0 Å². The highest BCUT2D eigenvalue weighted by Crippen LogP contribution is 2.40. The lowest BCUT2D eigenvalue weighted by atomic mass is 10.2. The highest BCUT2D eigenvalue weighted by molar-refractivity contribution is 7.92. The molecule has 5 rings (SSSR count). The summed E-state index contributed by atoms with van der Waals surface area (Å²) in [6.45, 7) is 3.29. The molecule has 0 bridgehead atoms. The van der Waals surface area contributed by atoms with Gasteiger partial charge in [-0.15, -0.1) is 12.4 Å². The number of hydrogen-bond donors (Lipinski definition) is 0. The number of thiazole rings is 1. The van der Waals surface area contributed by atoms with Crippen molar-refractivity contribution in [3.63, 3.8) is 0 Å². The van der Waals surface area contributed by atoms with Gasteiger partial charge < -0.3 is 14.4 Å². The molecule has 9 nitrogen and oxygen atoms in total. The largest absolute Gasteiger partial charge is 0.454 e. The van der Waals surface area contributed by atoms with Crippen molar-refractivity contribution >= 4 is 60.7 Å². The molecule has 0 unspecified atom stereocenters. The highest BCUT2D eigenvalue weighted by atomic mass is 35.5. The van der Waals surface area contributed by atoms with Crippen molar-refractivity contribution in [3.8, 4) is 11.5 Å². The quantitative estimate of drug-likeness (QED) is 0.275. The normalized spacial score (nSPS) is 12.4. The fourth-order valence-corrected chi connectivity index (χ4v) is 6.62. The number of rotatable bonds is 9. The number of amides is 1. The van der Waals surface area contributed by atoms with Crippen molar-refractivity contribution in [1.29, 1.82) is 0 Å². The summed E-state index contributed by atoms with van der Waals surface area (Å²) in [5.41, 5.74) is 1.68. The zero-order valence-electron chi connectivity index (χ0n) is 21.7. The second-order valence-electron chi connectivity index (χ2n) is 8.96. The van der Waals surface area contributed by atoms with Gasteiger partial charge in [-0.05, 0) is 57.4 Å². The highest BCUT2D eigenvalue weighted by Gasteiger charge is 2.26. The van der Waals surface area contributed by atoms with E-state index in [0.717, 1.165) is 10.2 Å². The molecule has 0 atom stereocenters. The molecule has 2 heterocycles. The molecule has 206 valence electrons. The van der Waals surface area contributed by atoms with Crippen LogP contribution < -0.4 is 18.7 Å². The molecule has 12 heteroatoms. The van der Waals surface area contributed by atoms with Crippen LogP contribution in [0, 0.1) is 0 Å². The minimum Gasteiger partial charge on any atom is -0.454 e. The zero-order valence-corrected chi connectivity index (χ0v) is 24.2. The fourth-order valence-electron chi connectivity index (χ4n) is 4.14. The van der Waals surface area contributed by atoms with Crippen LogP contribution in [0.4, 0.5) is 10.8 Å². The first kappa shape index (κ1) is 28.6. The van der Waals surface area contributed by atoms with Gasteiger partial charge in [-0.3, -0.25) is 14.0 Å². The van der Waals surface area contributed by atoms with E-state index in [9.17, 15) is 13.2 Å². The zero-order chi connectivity index (χ0) is 26.9. The Hall–Kier alpha value is -3.38. The minimum absolute atomic E-state index is 0. The Morgan fingerprint density at radius 1 is 0.974 bits per heavy atom. The van der Waals surface area contributed by atoms with E-state index in [1.807, 2.05) is 37.2 Å². The molecule has 4 aromatic rings. The van der Waals surface area contributed by atoms with E-state index in [1.54, 1.807) is 48.2 Å². The van der Waals surface area contributed by atoms with E-state index in [2.05, 4.69) is 0 Å². The summed E-state index contributed by atoms with van der Waals surface area (Å²) >= 11 is 1.40. The SMILES string of the molecule is CCN(c1ccccc1)S(=O)(=O)c1ccc(C(=O)N(CCN(C)C)c2nc3cc4c(cc3s2)OCO4)cc1.Cl. The van der Waals surface area contributed by atoms with Crippen LogP contribution in [0.15, 0.2) is 71.6 Å². The van der Waals surface area contributed by atoms with Gasteiger partial charge in [0.2, 0.25) is 6.79 Å². The Morgan fingerprint density at radius 3 is 2.28 bits per heavy atom. The monoisotopic (exact) mass is 588 g/mol. The molecule has 0 spiro atoms. The Labute approximate surface area is 238 Å². The average Bonchev–Trinajstić information content (AvgIpc) is 3.54. The second-order valence-corrected chi connectivity index (χ2v) is 11.8. The summed E-state index contributed by atoms with van der Waals surface area (Å²) in [5.74, 6) is 1.03. The van der Waals surface area contributed by atoms with Crippen molar-refractivity contribution in [2.45, 2.75) is 11.8 Å². The van der Waals surface area contributed by atoms with E-state index < -0.39 is 10.0 Å². The summed E-state index contributed by atoms with van der Waals surface area (Å²) in [7, 11) is 0.0779. The van der Waals surface area contributed by atoms with Gasteiger partial charge in [0.25, 0.3) is 15.9 Å². The van der Waals surface area contributed by atoms with Gasteiger partial charge in [-0.1, -0.05) is 29.5 Å². The van der Waals surface area contributed by atoms with Crippen LogP contribution in [0.1, 0.15) is 17.3 Å². The molecule has 1 aliphatic rings. The smallest absolute Gasteiger partial charge is 0.264 e. The summed E-state index contributed by atoms with van der Waals surface area (Å²) in [5, 5.41) is 0.549. The topological polar surface area (TPSA) is 92.3 Å². The molecule has 0 aliphatic carbocycles. The van der Waals surface area contributed by atoms with Crippen LogP contribution in [0.2, 0.25) is 0 Å². The molecule has 1 aromatic heterocycles. The molecular formula is C27H29ClN4O5S2. The molecule has 0 saturated carbocycles. The van der Waals surface area contributed by atoms with Crippen LogP contribution >= 0.6 is 23.7 Å². The maximum absolute atomic E-state index is 13.7. The summed E-state index contributed by atoms with van der Waals surface area (Å²) in [6, 6.07) is 18.7. The Bertz CT molecular complexity index is 1520. The molecule has 0 N–H and O–H groups in total. The Morgan fingerprint density at radius 2 is 1.64 bits per heavy atom. The first-order chi connectivity index (χ1) is 18.3. The number of likely N-dealkylation sites (N-methyl/N-ethyl adjacent to an activating group) is 1. The van der Waals surface area contributed by atoms with E-state index in [1.165, 1.54) is 27.8 Å². The molecule has 3 aromatic carbocycles. The predicted molar refractivity (Wildman–Crippen MR) is 156 cm³/mol. The fraction of sp³-hybridized carbons (Fsp3) is 0.259. The van der Waals surface area contributed by atoms with Crippen molar-refractivity contribution in [2.75, 3.05) is 49.7 Å². The van der Waals surface area contributed by atoms with E-state index >= 15 is 0 Å². The first-order valence-electron chi connectivity index (χ1n) is 12.1. The predicted octanol–water partition coefficient (Wildman–Crippen LogP) is 4.87. The van der Waals surface area contributed by atoms with E-state index in [4.69, 9.17) is 14.5 Å². The molecular weight excluding hydrogens is 560 g/mol.